The number of hydrogen-bond donors (Lipinski definition) is 5. The van der Waals surface area contributed by atoms with Crippen molar-refractivity contribution in [3.63, 3.8) is 0 Å². The normalized spacial score (nSPS) is 16.3. The van der Waals surface area contributed by atoms with Crippen molar-refractivity contribution in [3.8, 4) is 0 Å². The molecule has 2 atom stereocenters. The third kappa shape index (κ3) is 7.56. The maximum absolute atomic E-state index is 9.77. The van der Waals surface area contributed by atoms with Crippen LogP contribution in [0.3, 0.4) is 0 Å². The van der Waals surface area contributed by atoms with Crippen LogP contribution in [0.15, 0.2) is 23.2 Å². The molecule has 1 fully saturated rings. The van der Waals surface area contributed by atoms with Gasteiger partial charge in [-0.05, 0) is 24.6 Å². The molecular weight excluding hydrogens is 384 g/mol. The van der Waals surface area contributed by atoms with Gasteiger partial charge in [-0.1, -0.05) is 6.07 Å². The molecule has 0 aliphatic carbocycles. The number of hydrogen-bond acceptors (Lipinski definition) is 7. The molecule has 1 aliphatic heterocycles. The number of carboxylic acids is 2. The first kappa shape index (κ1) is 24.1. The number of morpholine rings is 1. The fourth-order valence-electron chi connectivity index (χ4n) is 2.29. The number of aryl methyl sites for hydroxylation is 1. The van der Waals surface area contributed by atoms with Gasteiger partial charge in [-0.15, -0.1) is 0 Å². The average molecular weight is 412 g/mol. The Morgan fingerprint density at radius 3 is 2.10 bits per heavy atom. The minimum Gasteiger partial charge on any atom is -0.479 e. The third-order valence-corrected chi connectivity index (χ3v) is 3.98. The third-order valence-electron chi connectivity index (χ3n) is 3.98. The molecule has 2 unspecified atom stereocenters. The highest BCUT2D eigenvalue weighted by atomic mass is 16.5. The number of carbonyl (C=O) groups is 2. The van der Waals surface area contributed by atoms with Gasteiger partial charge in [0.1, 0.15) is 0 Å². The van der Waals surface area contributed by atoms with E-state index >= 15 is 0 Å². The second-order valence-electron chi connectivity index (χ2n) is 6.52. The molecule has 0 radical (unpaired) electrons. The Labute approximate surface area is 168 Å². The van der Waals surface area contributed by atoms with Gasteiger partial charge in [0.2, 0.25) is 0 Å². The first-order valence-corrected chi connectivity index (χ1v) is 8.81. The highest BCUT2D eigenvalue weighted by molar-refractivity contribution is 5.84. The highest BCUT2D eigenvalue weighted by Crippen LogP contribution is 2.30. The average Bonchev–Trinajstić information content (AvgIpc) is 2.67. The van der Waals surface area contributed by atoms with E-state index in [0.29, 0.717) is 5.96 Å². The summed E-state index contributed by atoms with van der Waals surface area (Å²) in [7, 11) is 3.78. The van der Waals surface area contributed by atoms with Crippen molar-refractivity contribution >= 4 is 29.3 Å². The Hall–Kier alpha value is -2.89. The van der Waals surface area contributed by atoms with E-state index in [1.807, 2.05) is 19.0 Å². The molecule has 162 valence electrons. The number of aliphatic hydroxyl groups excluding tert-OH is 2. The van der Waals surface area contributed by atoms with Crippen LogP contribution in [-0.4, -0.2) is 95.8 Å². The standard InChI is InChI=1S/C14H22N4O.C4H6O6/c1-11-4-5-13(18-6-8-19-9-7-18)12(10-11)16-14(15)17(2)3;5-1(3(7)8)2(6)4(9)10/h4-5,10H,6-9H2,1-3H3,(H2,15,16);1-2,5-6H,(H,7,8)(H,9,10). The topological polar surface area (TPSA) is 169 Å². The van der Waals surface area contributed by atoms with Gasteiger partial charge in [-0.25, -0.2) is 14.6 Å². The number of carboxylic acid groups (broad SMARTS) is 2. The molecule has 6 N–H and O–H groups in total. The van der Waals surface area contributed by atoms with E-state index in [-0.39, 0.29) is 0 Å². The first-order valence-electron chi connectivity index (χ1n) is 8.81. The summed E-state index contributed by atoms with van der Waals surface area (Å²) in [6.45, 7) is 5.38. The predicted octanol–water partition coefficient (Wildman–Crippen LogP) is -0.783. The molecule has 1 aliphatic rings. The molecule has 1 saturated heterocycles. The summed E-state index contributed by atoms with van der Waals surface area (Å²) in [5, 5.41) is 32.5. The molecule has 1 heterocycles. The van der Waals surface area contributed by atoms with Crippen LogP contribution in [-0.2, 0) is 14.3 Å². The van der Waals surface area contributed by atoms with E-state index < -0.39 is 24.1 Å². The molecule has 0 saturated carbocycles. The zero-order chi connectivity index (χ0) is 22.1. The zero-order valence-corrected chi connectivity index (χ0v) is 16.6. The molecule has 0 amide bonds. The van der Waals surface area contributed by atoms with Crippen LogP contribution in [0.1, 0.15) is 5.56 Å². The van der Waals surface area contributed by atoms with Crippen LogP contribution >= 0.6 is 0 Å². The Morgan fingerprint density at radius 2 is 1.66 bits per heavy atom. The molecule has 2 rings (SSSR count). The molecule has 29 heavy (non-hydrogen) atoms. The van der Waals surface area contributed by atoms with E-state index in [0.717, 1.165) is 37.7 Å². The monoisotopic (exact) mass is 412 g/mol. The van der Waals surface area contributed by atoms with Gasteiger partial charge in [-0.3, -0.25) is 0 Å². The zero-order valence-electron chi connectivity index (χ0n) is 16.6. The molecule has 0 bridgehead atoms. The second-order valence-corrected chi connectivity index (χ2v) is 6.52. The van der Waals surface area contributed by atoms with Gasteiger partial charge in [0.05, 0.1) is 24.6 Å². The van der Waals surface area contributed by atoms with Crippen LogP contribution in [0.5, 0.6) is 0 Å². The Bertz CT molecular complexity index is 715. The quantitative estimate of drug-likeness (QED) is 0.305. The van der Waals surface area contributed by atoms with Gasteiger partial charge in [-0.2, -0.15) is 0 Å². The Kier molecular flexibility index (Phi) is 9.32. The number of rotatable bonds is 5. The summed E-state index contributed by atoms with van der Waals surface area (Å²) < 4.78 is 5.39. The molecule has 11 heteroatoms. The SMILES string of the molecule is Cc1ccc(N2CCOCC2)c(N=C(N)N(C)C)c1.O=C(O)C(O)C(O)C(=O)O. The Morgan fingerprint density at radius 1 is 1.14 bits per heavy atom. The van der Waals surface area contributed by atoms with Crippen molar-refractivity contribution in [2.45, 2.75) is 19.1 Å². The van der Waals surface area contributed by atoms with Gasteiger partial charge >= 0.3 is 11.9 Å². The summed E-state index contributed by atoms with van der Waals surface area (Å²) in [5.41, 5.74) is 9.16. The summed E-state index contributed by atoms with van der Waals surface area (Å²) in [4.78, 5) is 28.2. The van der Waals surface area contributed by atoms with Crippen LogP contribution in [0, 0.1) is 6.92 Å². The number of nitrogens with zero attached hydrogens (tertiary/aromatic N) is 3. The number of aliphatic imine (C=N–C) groups is 1. The van der Waals surface area contributed by atoms with E-state index in [1.165, 1.54) is 5.56 Å². The number of benzene rings is 1. The number of nitrogens with two attached hydrogens (primary N) is 1. The maximum Gasteiger partial charge on any atom is 0.335 e. The Balaban J connectivity index is 0.000000359. The second kappa shape index (κ2) is 11.2. The number of guanidine groups is 1. The van der Waals surface area contributed by atoms with Crippen LogP contribution in [0.4, 0.5) is 11.4 Å². The number of aliphatic carboxylic acids is 2. The van der Waals surface area contributed by atoms with E-state index in [1.54, 1.807) is 0 Å². The summed E-state index contributed by atoms with van der Waals surface area (Å²) in [6.07, 6.45) is -4.53. The van der Waals surface area contributed by atoms with Gasteiger partial charge in [0.25, 0.3) is 0 Å². The molecule has 1 aromatic carbocycles. The molecule has 1 aromatic rings. The minimum absolute atomic E-state index is 0.514. The summed E-state index contributed by atoms with van der Waals surface area (Å²) in [6, 6.07) is 6.29. The van der Waals surface area contributed by atoms with Crippen LogP contribution in [0.2, 0.25) is 0 Å². The van der Waals surface area contributed by atoms with Crippen molar-refractivity contribution in [2.24, 2.45) is 10.7 Å². The van der Waals surface area contributed by atoms with E-state index in [2.05, 4.69) is 35.0 Å². The van der Waals surface area contributed by atoms with Crippen molar-refractivity contribution in [1.29, 1.82) is 0 Å². The fraction of sp³-hybridized carbons (Fsp3) is 0.500. The lowest BCUT2D eigenvalue weighted by Crippen LogP contribution is -2.39. The summed E-state index contributed by atoms with van der Waals surface area (Å²) in [5.74, 6) is -3.02. The lowest BCUT2D eigenvalue weighted by Gasteiger charge is -2.30. The van der Waals surface area contributed by atoms with E-state index in [4.69, 9.17) is 30.9 Å². The summed E-state index contributed by atoms with van der Waals surface area (Å²) >= 11 is 0. The smallest absolute Gasteiger partial charge is 0.335 e. The molecule has 0 aromatic heterocycles. The molecular formula is C18H28N4O7. The highest BCUT2D eigenvalue weighted by Gasteiger charge is 2.29. The minimum atomic E-state index is -2.27. The van der Waals surface area contributed by atoms with Gasteiger partial charge in [0, 0.05) is 27.2 Å². The lowest BCUT2D eigenvalue weighted by molar-refractivity contribution is -0.165. The van der Waals surface area contributed by atoms with Crippen molar-refractivity contribution < 1.29 is 34.8 Å². The maximum atomic E-state index is 9.77. The lowest BCUT2D eigenvalue weighted by atomic mass is 10.1. The van der Waals surface area contributed by atoms with E-state index in [9.17, 15) is 9.59 Å². The molecule has 11 nitrogen and oxygen atoms in total. The van der Waals surface area contributed by atoms with Gasteiger partial charge in [0.15, 0.2) is 18.2 Å². The number of anilines is 1. The first-order chi connectivity index (χ1) is 13.5. The van der Waals surface area contributed by atoms with Crippen LogP contribution < -0.4 is 10.6 Å². The van der Waals surface area contributed by atoms with Crippen LogP contribution in [0.25, 0.3) is 0 Å². The number of aliphatic hydroxyl groups is 2. The van der Waals surface area contributed by atoms with Crippen molar-refractivity contribution in [3.05, 3.63) is 23.8 Å². The number of ether oxygens (including phenoxy) is 1. The predicted molar refractivity (Wildman–Crippen MR) is 106 cm³/mol. The fourth-order valence-corrected chi connectivity index (χ4v) is 2.29. The van der Waals surface area contributed by atoms with Crippen molar-refractivity contribution in [1.82, 2.24) is 4.90 Å². The largest absolute Gasteiger partial charge is 0.479 e. The van der Waals surface area contributed by atoms with Crippen molar-refractivity contribution in [2.75, 3.05) is 45.3 Å². The molecule has 0 spiro atoms. The van der Waals surface area contributed by atoms with Gasteiger partial charge < -0.3 is 40.7 Å².